The molecule has 0 aliphatic carbocycles. The molecule has 0 unspecified atom stereocenters. The van der Waals surface area contributed by atoms with E-state index in [1.165, 1.54) is 29.7 Å². The van der Waals surface area contributed by atoms with E-state index in [4.69, 9.17) is 9.47 Å². The van der Waals surface area contributed by atoms with E-state index < -0.39 is 10.8 Å². The zero-order chi connectivity index (χ0) is 21.7. The lowest BCUT2D eigenvalue weighted by atomic mass is 10.2. The Labute approximate surface area is 177 Å². The van der Waals surface area contributed by atoms with E-state index in [0.717, 1.165) is 16.7 Å². The number of amides is 1. The number of thiophene rings is 1. The zero-order valence-electron chi connectivity index (χ0n) is 16.7. The van der Waals surface area contributed by atoms with E-state index in [1.54, 1.807) is 31.4 Å². The molecule has 0 spiro atoms. The van der Waals surface area contributed by atoms with Crippen molar-refractivity contribution in [2.45, 2.75) is 26.4 Å². The Bertz CT molecular complexity index is 1110. The molecule has 3 aromatic rings. The summed E-state index contributed by atoms with van der Waals surface area (Å²) < 4.78 is 12.0. The lowest BCUT2D eigenvalue weighted by molar-refractivity contribution is -0.384. The number of rotatable bonds is 8. The Balaban J connectivity index is 1.69. The molecule has 9 heteroatoms. The molecular weight excluding hydrogens is 406 g/mol. The average Bonchev–Trinajstić information content (AvgIpc) is 3.17. The van der Waals surface area contributed by atoms with Gasteiger partial charge in [-0.3, -0.25) is 14.9 Å². The van der Waals surface area contributed by atoms with Crippen molar-refractivity contribution in [2.24, 2.45) is 5.10 Å². The molecule has 1 N–H and O–H groups in total. The molecule has 1 atom stereocenters. The van der Waals surface area contributed by atoms with Gasteiger partial charge in [0.2, 0.25) is 0 Å². The molecule has 0 saturated carbocycles. The van der Waals surface area contributed by atoms with Gasteiger partial charge in [0.15, 0.2) is 11.5 Å². The Morgan fingerprint density at radius 2 is 2.07 bits per heavy atom. The number of methoxy groups -OCH3 is 1. The normalized spacial score (nSPS) is 12.1. The van der Waals surface area contributed by atoms with Gasteiger partial charge in [0.05, 0.1) is 29.2 Å². The minimum atomic E-state index is -0.464. The number of benzene rings is 2. The molecule has 0 radical (unpaired) electrons. The fourth-order valence-electron chi connectivity index (χ4n) is 2.64. The smallest absolute Gasteiger partial charge is 0.281 e. The highest BCUT2D eigenvalue weighted by molar-refractivity contribution is 7.20. The molecule has 3 rings (SSSR count). The van der Waals surface area contributed by atoms with E-state index in [0.29, 0.717) is 21.8 Å². The summed E-state index contributed by atoms with van der Waals surface area (Å²) >= 11 is 1.24. The van der Waals surface area contributed by atoms with Crippen LogP contribution in [0.3, 0.4) is 0 Å². The number of nitro benzene ring substituents is 1. The third kappa shape index (κ3) is 4.93. The first kappa shape index (κ1) is 21.3. The van der Waals surface area contributed by atoms with Crippen LogP contribution in [0.5, 0.6) is 11.5 Å². The van der Waals surface area contributed by atoms with Gasteiger partial charge in [0.25, 0.3) is 11.6 Å². The molecule has 2 aromatic carbocycles. The van der Waals surface area contributed by atoms with Crippen LogP contribution >= 0.6 is 11.3 Å². The van der Waals surface area contributed by atoms with E-state index in [9.17, 15) is 14.9 Å². The second-order valence-electron chi connectivity index (χ2n) is 6.54. The number of nitro groups is 1. The third-order valence-electron chi connectivity index (χ3n) is 4.40. The van der Waals surface area contributed by atoms with Crippen LogP contribution in [0.1, 0.15) is 35.5 Å². The monoisotopic (exact) mass is 427 g/mol. The first-order valence-corrected chi connectivity index (χ1v) is 10.1. The predicted octanol–water partition coefficient (Wildman–Crippen LogP) is 4.76. The highest BCUT2D eigenvalue weighted by Gasteiger charge is 2.13. The summed E-state index contributed by atoms with van der Waals surface area (Å²) in [7, 11) is 1.56. The van der Waals surface area contributed by atoms with Gasteiger partial charge in [-0.25, -0.2) is 5.43 Å². The highest BCUT2D eigenvalue weighted by atomic mass is 32.1. The van der Waals surface area contributed by atoms with Gasteiger partial charge in [-0.15, -0.1) is 11.3 Å². The first-order chi connectivity index (χ1) is 14.4. The summed E-state index contributed by atoms with van der Waals surface area (Å²) in [6, 6.07) is 11.5. The molecule has 0 bridgehead atoms. The number of carbonyl (C=O) groups excluding carboxylic acids is 1. The Hall–Kier alpha value is -3.46. The Morgan fingerprint density at radius 3 is 2.77 bits per heavy atom. The van der Waals surface area contributed by atoms with Gasteiger partial charge in [-0.1, -0.05) is 6.92 Å². The zero-order valence-corrected chi connectivity index (χ0v) is 17.6. The number of carbonyl (C=O) groups is 1. The van der Waals surface area contributed by atoms with Crippen molar-refractivity contribution in [1.29, 1.82) is 0 Å². The van der Waals surface area contributed by atoms with Crippen molar-refractivity contribution in [3.05, 3.63) is 63.0 Å². The predicted molar refractivity (Wildman–Crippen MR) is 117 cm³/mol. The minimum absolute atomic E-state index is 0.0139. The third-order valence-corrected chi connectivity index (χ3v) is 5.52. The van der Waals surface area contributed by atoms with Crippen LogP contribution in [0.2, 0.25) is 0 Å². The van der Waals surface area contributed by atoms with E-state index in [2.05, 4.69) is 10.5 Å². The largest absolute Gasteiger partial charge is 0.493 e. The maximum atomic E-state index is 12.4. The fourth-order valence-corrected chi connectivity index (χ4v) is 3.57. The van der Waals surface area contributed by atoms with Crippen LogP contribution in [-0.2, 0) is 0 Å². The summed E-state index contributed by atoms with van der Waals surface area (Å²) in [6.45, 7) is 4.02. The summed E-state index contributed by atoms with van der Waals surface area (Å²) in [5.41, 5.74) is 3.19. The van der Waals surface area contributed by atoms with Crippen molar-refractivity contribution >= 4 is 39.2 Å². The molecule has 1 amide bonds. The number of hydrogen-bond donors (Lipinski definition) is 1. The maximum Gasteiger partial charge on any atom is 0.281 e. The maximum absolute atomic E-state index is 12.4. The molecule has 0 aliphatic rings. The second kappa shape index (κ2) is 9.36. The Kier molecular flexibility index (Phi) is 6.63. The van der Waals surface area contributed by atoms with Gasteiger partial charge in [-0.2, -0.15) is 5.10 Å². The van der Waals surface area contributed by atoms with Crippen LogP contribution < -0.4 is 14.9 Å². The summed E-state index contributed by atoms with van der Waals surface area (Å²) in [6.07, 6.45) is 2.45. The van der Waals surface area contributed by atoms with Crippen molar-refractivity contribution in [1.82, 2.24) is 5.43 Å². The topological polar surface area (TPSA) is 103 Å². The van der Waals surface area contributed by atoms with E-state index in [-0.39, 0.29) is 11.8 Å². The quantitative estimate of drug-likeness (QED) is 0.317. The number of hydrazone groups is 1. The minimum Gasteiger partial charge on any atom is -0.493 e. The number of fused-ring (bicyclic) bond motifs is 1. The standard InChI is InChI=1S/C21H21N3O5S/c1-4-13(2)29-17-7-5-14(9-18(17)28-3)12-22-23-21(25)20-11-15-10-16(24(26)27)6-8-19(15)30-20/h5-13H,4H2,1-3H3,(H,23,25)/b22-12-/t13-/m0/s1. The van der Waals surface area contributed by atoms with Crippen molar-refractivity contribution in [3.8, 4) is 11.5 Å². The van der Waals surface area contributed by atoms with Crippen LogP contribution in [0.4, 0.5) is 5.69 Å². The molecule has 0 saturated heterocycles. The van der Waals surface area contributed by atoms with Crippen molar-refractivity contribution in [2.75, 3.05) is 7.11 Å². The van der Waals surface area contributed by atoms with Crippen molar-refractivity contribution in [3.63, 3.8) is 0 Å². The van der Waals surface area contributed by atoms with Gasteiger partial charge >= 0.3 is 0 Å². The molecule has 30 heavy (non-hydrogen) atoms. The number of non-ortho nitro benzene ring substituents is 1. The van der Waals surface area contributed by atoms with Crippen LogP contribution in [0.15, 0.2) is 47.6 Å². The number of hydrogen-bond acceptors (Lipinski definition) is 7. The number of ether oxygens (including phenoxy) is 2. The average molecular weight is 427 g/mol. The number of nitrogens with one attached hydrogen (secondary N) is 1. The van der Waals surface area contributed by atoms with E-state index >= 15 is 0 Å². The molecule has 0 fully saturated rings. The molecular formula is C21H21N3O5S. The lowest BCUT2D eigenvalue weighted by Gasteiger charge is -2.15. The van der Waals surface area contributed by atoms with Gasteiger partial charge in [-0.05, 0) is 49.2 Å². The van der Waals surface area contributed by atoms with Gasteiger partial charge < -0.3 is 9.47 Å². The first-order valence-electron chi connectivity index (χ1n) is 9.27. The highest BCUT2D eigenvalue weighted by Crippen LogP contribution is 2.30. The van der Waals surface area contributed by atoms with E-state index in [1.807, 2.05) is 19.9 Å². The summed E-state index contributed by atoms with van der Waals surface area (Å²) in [4.78, 5) is 23.2. The van der Waals surface area contributed by atoms with Crippen LogP contribution in [0.25, 0.3) is 10.1 Å². The van der Waals surface area contributed by atoms with Crippen molar-refractivity contribution < 1.29 is 19.2 Å². The molecule has 0 aliphatic heterocycles. The molecule has 8 nitrogen and oxygen atoms in total. The molecule has 156 valence electrons. The molecule has 1 heterocycles. The lowest BCUT2D eigenvalue weighted by Crippen LogP contribution is -2.16. The number of nitrogens with zero attached hydrogens (tertiary/aromatic N) is 2. The SMILES string of the molecule is CC[C@H](C)Oc1ccc(/C=N\NC(=O)c2cc3cc([N+](=O)[O-])ccc3s2)cc1OC. The van der Waals surface area contributed by atoms with Gasteiger partial charge in [0.1, 0.15) is 0 Å². The summed E-state index contributed by atoms with van der Waals surface area (Å²) in [5.74, 6) is 0.836. The fraction of sp³-hybridized carbons (Fsp3) is 0.238. The second-order valence-corrected chi connectivity index (χ2v) is 7.62. The van der Waals surface area contributed by atoms with Crippen LogP contribution in [0, 0.1) is 10.1 Å². The van der Waals surface area contributed by atoms with Crippen LogP contribution in [-0.4, -0.2) is 30.3 Å². The molecule has 1 aromatic heterocycles. The van der Waals surface area contributed by atoms with Gasteiger partial charge in [0, 0.05) is 22.2 Å². The Morgan fingerprint density at radius 1 is 1.27 bits per heavy atom. The summed E-state index contributed by atoms with van der Waals surface area (Å²) in [5, 5.41) is 15.5.